The minimum absolute atomic E-state index is 0.165. The Balaban J connectivity index is 1.73. The summed E-state index contributed by atoms with van der Waals surface area (Å²) in [4.78, 5) is 11.2. The van der Waals surface area contributed by atoms with Gasteiger partial charge in [-0.05, 0) is 59.8 Å². The molecule has 0 N–H and O–H groups in total. The second-order valence-corrected chi connectivity index (χ2v) is 7.30. The summed E-state index contributed by atoms with van der Waals surface area (Å²) in [5, 5.41) is 0. The molecule has 3 rings (SSSR count). The molecule has 2 aromatic rings. The van der Waals surface area contributed by atoms with Gasteiger partial charge in [0.05, 0.1) is 22.2 Å². The first-order valence-corrected chi connectivity index (χ1v) is 9.51. The zero-order valence-corrected chi connectivity index (χ0v) is 16.6. The first-order valence-electron chi connectivity index (χ1n) is 8.71. The average Bonchev–Trinajstić information content (AvgIpc) is 2.63. The van der Waals surface area contributed by atoms with E-state index in [9.17, 15) is 0 Å². The van der Waals surface area contributed by atoms with E-state index in [4.69, 9.17) is 4.74 Å². The van der Waals surface area contributed by atoms with Crippen LogP contribution in [0.2, 0.25) is 0 Å². The Morgan fingerprint density at radius 1 is 1.36 bits per heavy atom. The molecule has 4 nitrogen and oxygen atoms in total. The lowest BCUT2D eigenvalue weighted by Gasteiger charge is -2.25. The van der Waals surface area contributed by atoms with E-state index in [1.807, 2.05) is 31.3 Å². The molecular weight excluding hydrogens is 378 g/mol. The van der Waals surface area contributed by atoms with Gasteiger partial charge in [0, 0.05) is 20.0 Å². The second kappa shape index (κ2) is 8.00. The summed E-state index contributed by atoms with van der Waals surface area (Å²) in [6.07, 6.45) is 5.01. The third-order valence-corrected chi connectivity index (χ3v) is 5.15. The first-order chi connectivity index (χ1) is 12.1. The van der Waals surface area contributed by atoms with Crippen molar-refractivity contribution >= 4 is 28.0 Å². The van der Waals surface area contributed by atoms with Crippen molar-refractivity contribution in [1.82, 2.24) is 9.88 Å². The van der Waals surface area contributed by atoms with E-state index < -0.39 is 0 Å². The number of aliphatic imine (C=N–C) groups is 1. The van der Waals surface area contributed by atoms with E-state index in [-0.39, 0.29) is 6.10 Å². The van der Waals surface area contributed by atoms with Crippen LogP contribution in [0, 0.1) is 6.92 Å². The molecule has 0 saturated heterocycles. The molecule has 1 aliphatic rings. The molecule has 0 spiro atoms. The van der Waals surface area contributed by atoms with Crippen LogP contribution in [0.1, 0.15) is 30.2 Å². The van der Waals surface area contributed by atoms with Gasteiger partial charge in [0.2, 0.25) is 5.88 Å². The molecular formula is C20H24BrN3O. The van der Waals surface area contributed by atoms with Crippen LogP contribution in [0.4, 0.5) is 5.69 Å². The van der Waals surface area contributed by atoms with Crippen molar-refractivity contribution in [2.24, 2.45) is 4.99 Å². The van der Waals surface area contributed by atoms with Crippen molar-refractivity contribution in [1.29, 1.82) is 0 Å². The third kappa shape index (κ3) is 4.40. The summed E-state index contributed by atoms with van der Waals surface area (Å²) in [5.41, 5.74) is 4.55. The van der Waals surface area contributed by atoms with Gasteiger partial charge in [-0.25, -0.2) is 9.98 Å². The van der Waals surface area contributed by atoms with Gasteiger partial charge in [-0.1, -0.05) is 24.3 Å². The Hall–Kier alpha value is -1.88. The number of aryl methyl sites for hydroxylation is 2. The van der Waals surface area contributed by atoms with Crippen LogP contribution in [0.3, 0.4) is 0 Å². The van der Waals surface area contributed by atoms with Crippen molar-refractivity contribution in [2.75, 3.05) is 13.6 Å². The number of halogens is 1. The molecule has 25 heavy (non-hydrogen) atoms. The largest absolute Gasteiger partial charge is 0.473 e. The number of ether oxygens (including phenoxy) is 1. The minimum Gasteiger partial charge on any atom is -0.473 e. The molecule has 0 saturated carbocycles. The average molecular weight is 402 g/mol. The van der Waals surface area contributed by atoms with E-state index in [1.165, 1.54) is 11.1 Å². The SMILES string of the molecule is CCN(C)C=Nc1cc(Br)c(O[C@H]2CCc3ccccc3C2)nc1C. The molecule has 0 unspecified atom stereocenters. The summed E-state index contributed by atoms with van der Waals surface area (Å²) < 4.78 is 7.06. The number of benzene rings is 1. The smallest absolute Gasteiger partial charge is 0.228 e. The molecule has 1 atom stereocenters. The molecule has 1 aromatic heterocycles. The van der Waals surface area contributed by atoms with Gasteiger partial charge in [-0.2, -0.15) is 0 Å². The Bertz CT molecular complexity index is 776. The van der Waals surface area contributed by atoms with Gasteiger partial charge in [0.15, 0.2) is 0 Å². The summed E-state index contributed by atoms with van der Waals surface area (Å²) >= 11 is 3.59. The van der Waals surface area contributed by atoms with Crippen molar-refractivity contribution in [3.8, 4) is 5.88 Å². The molecule has 0 bridgehead atoms. The van der Waals surface area contributed by atoms with Gasteiger partial charge in [0.25, 0.3) is 0 Å². The van der Waals surface area contributed by atoms with Gasteiger partial charge < -0.3 is 9.64 Å². The second-order valence-electron chi connectivity index (χ2n) is 6.45. The number of pyridine rings is 1. The zero-order valence-electron chi connectivity index (χ0n) is 15.0. The highest BCUT2D eigenvalue weighted by Crippen LogP contribution is 2.32. The minimum atomic E-state index is 0.165. The molecule has 0 aliphatic heterocycles. The first kappa shape index (κ1) is 17.9. The number of aromatic nitrogens is 1. The van der Waals surface area contributed by atoms with E-state index in [2.05, 4.69) is 57.1 Å². The highest BCUT2D eigenvalue weighted by Gasteiger charge is 2.21. The molecule has 5 heteroatoms. The highest BCUT2D eigenvalue weighted by atomic mass is 79.9. The maximum Gasteiger partial charge on any atom is 0.228 e. The number of rotatable bonds is 5. The van der Waals surface area contributed by atoms with Crippen LogP contribution in [0.15, 0.2) is 39.8 Å². The Morgan fingerprint density at radius 2 is 2.12 bits per heavy atom. The number of hydrogen-bond donors (Lipinski definition) is 0. The maximum atomic E-state index is 6.21. The summed E-state index contributed by atoms with van der Waals surface area (Å²) in [6.45, 7) is 4.97. The van der Waals surface area contributed by atoms with Crippen LogP contribution < -0.4 is 4.74 Å². The quantitative estimate of drug-likeness (QED) is 0.538. The summed E-state index contributed by atoms with van der Waals surface area (Å²) in [7, 11) is 2.00. The molecule has 1 heterocycles. The topological polar surface area (TPSA) is 37.7 Å². The predicted molar refractivity (Wildman–Crippen MR) is 106 cm³/mol. The van der Waals surface area contributed by atoms with Crippen molar-refractivity contribution < 1.29 is 4.74 Å². The standard InChI is InChI=1S/C20H24BrN3O/c1-4-24(3)13-22-19-12-18(21)20(23-14(19)2)25-17-10-9-15-7-5-6-8-16(15)11-17/h5-8,12-13,17H,4,9-11H2,1-3H3/t17-/m0/s1. The maximum absolute atomic E-state index is 6.21. The van der Waals surface area contributed by atoms with Crippen LogP contribution >= 0.6 is 15.9 Å². The lowest BCUT2D eigenvalue weighted by atomic mass is 9.90. The lowest BCUT2D eigenvalue weighted by Crippen LogP contribution is -2.25. The fraction of sp³-hybridized carbons (Fsp3) is 0.400. The fourth-order valence-electron chi connectivity index (χ4n) is 2.93. The van der Waals surface area contributed by atoms with E-state index in [0.717, 1.165) is 41.7 Å². The van der Waals surface area contributed by atoms with E-state index in [0.29, 0.717) is 5.88 Å². The van der Waals surface area contributed by atoms with Gasteiger partial charge >= 0.3 is 0 Å². The summed E-state index contributed by atoms with van der Waals surface area (Å²) in [5.74, 6) is 0.657. The summed E-state index contributed by atoms with van der Waals surface area (Å²) in [6, 6.07) is 10.6. The van der Waals surface area contributed by atoms with Gasteiger partial charge in [0.1, 0.15) is 6.10 Å². The molecule has 1 aliphatic carbocycles. The zero-order chi connectivity index (χ0) is 17.8. The van der Waals surface area contributed by atoms with Gasteiger partial charge in [-0.15, -0.1) is 0 Å². The fourth-order valence-corrected chi connectivity index (χ4v) is 3.33. The normalized spacial score (nSPS) is 16.7. The van der Waals surface area contributed by atoms with Crippen molar-refractivity contribution in [3.05, 3.63) is 51.6 Å². The van der Waals surface area contributed by atoms with Crippen molar-refractivity contribution in [3.63, 3.8) is 0 Å². The van der Waals surface area contributed by atoms with Crippen LogP contribution in [-0.2, 0) is 12.8 Å². The number of fused-ring (bicyclic) bond motifs is 1. The molecule has 132 valence electrons. The number of nitrogens with zero attached hydrogens (tertiary/aromatic N) is 3. The lowest BCUT2D eigenvalue weighted by molar-refractivity contribution is 0.175. The monoisotopic (exact) mass is 401 g/mol. The van der Waals surface area contributed by atoms with E-state index in [1.54, 1.807) is 0 Å². The Kier molecular flexibility index (Phi) is 5.74. The van der Waals surface area contributed by atoms with Crippen LogP contribution in [0.5, 0.6) is 5.88 Å². The van der Waals surface area contributed by atoms with Crippen molar-refractivity contribution in [2.45, 2.75) is 39.2 Å². The Labute approximate surface area is 158 Å². The van der Waals surface area contributed by atoms with E-state index >= 15 is 0 Å². The molecule has 1 aromatic carbocycles. The predicted octanol–water partition coefficient (Wildman–Crippen LogP) is 4.70. The van der Waals surface area contributed by atoms with Crippen LogP contribution in [0.25, 0.3) is 0 Å². The molecule has 0 fully saturated rings. The Morgan fingerprint density at radius 3 is 2.88 bits per heavy atom. The highest BCUT2D eigenvalue weighted by molar-refractivity contribution is 9.10. The molecule has 0 radical (unpaired) electrons. The van der Waals surface area contributed by atoms with Gasteiger partial charge in [-0.3, -0.25) is 0 Å². The van der Waals surface area contributed by atoms with Crippen LogP contribution in [-0.4, -0.2) is 35.9 Å². The third-order valence-electron chi connectivity index (χ3n) is 4.58. The molecule has 0 amide bonds. The number of hydrogen-bond acceptors (Lipinski definition) is 3.